The molecule has 1 amide bonds. The number of thioether (sulfide) groups is 1. The Hall–Kier alpha value is -1.81. The molecule has 0 spiro atoms. The van der Waals surface area contributed by atoms with E-state index in [1.54, 1.807) is 24.2 Å². The van der Waals surface area contributed by atoms with E-state index in [2.05, 4.69) is 29.2 Å². The second-order valence-electron chi connectivity index (χ2n) is 5.58. The Morgan fingerprint density at radius 1 is 1.18 bits per heavy atom. The largest absolute Gasteiger partial charge is 0.341 e. The molecule has 0 saturated carbocycles. The van der Waals surface area contributed by atoms with Crippen LogP contribution < -0.4 is 0 Å². The lowest BCUT2D eigenvalue weighted by Crippen LogP contribution is -2.30. The number of amides is 1. The van der Waals surface area contributed by atoms with Gasteiger partial charge in [-0.3, -0.25) is 9.78 Å². The van der Waals surface area contributed by atoms with Crippen molar-refractivity contribution in [1.29, 1.82) is 0 Å². The number of carbonyl (C=O) groups is 1. The van der Waals surface area contributed by atoms with Gasteiger partial charge in [0.1, 0.15) is 0 Å². The maximum Gasteiger partial charge on any atom is 0.232 e. The van der Waals surface area contributed by atoms with Gasteiger partial charge in [0.05, 0.1) is 5.75 Å². The first-order valence-electron chi connectivity index (χ1n) is 7.62. The van der Waals surface area contributed by atoms with Gasteiger partial charge in [-0.05, 0) is 29.7 Å². The van der Waals surface area contributed by atoms with Crippen molar-refractivity contribution in [2.45, 2.75) is 18.1 Å². The summed E-state index contributed by atoms with van der Waals surface area (Å²) in [5.41, 5.74) is 2.57. The minimum atomic E-state index is 0.262. The van der Waals surface area contributed by atoms with Crippen molar-refractivity contribution < 1.29 is 4.79 Å². The molecular formula is C18H20N2OS. The molecule has 1 fully saturated rings. The Kier molecular flexibility index (Phi) is 5.11. The lowest BCUT2D eigenvalue weighted by molar-refractivity contribution is -0.127. The normalized spacial score (nSPS) is 17.6. The fourth-order valence-electron chi connectivity index (χ4n) is 2.81. The zero-order valence-corrected chi connectivity index (χ0v) is 13.3. The van der Waals surface area contributed by atoms with Gasteiger partial charge >= 0.3 is 0 Å². The van der Waals surface area contributed by atoms with E-state index in [1.807, 2.05) is 23.1 Å². The maximum absolute atomic E-state index is 12.3. The first-order valence-corrected chi connectivity index (χ1v) is 8.78. The molecule has 1 saturated heterocycles. The molecule has 0 N–H and O–H groups in total. The highest BCUT2D eigenvalue weighted by Crippen LogP contribution is 2.27. The minimum Gasteiger partial charge on any atom is -0.341 e. The highest BCUT2D eigenvalue weighted by atomic mass is 32.2. The van der Waals surface area contributed by atoms with Crippen LogP contribution >= 0.6 is 11.8 Å². The standard InChI is InChI=1S/C18H20N2OS/c21-18(14-22-13-15-6-9-19-10-7-15)20-11-8-17(12-20)16-4-2-1-3-5-16/h1-7,9-10,17H,8,11-14H2. The zero-order valence-electron chi connectivity index (χ0n) is 12.5. The van der Waals surface area contributed by atoms with E-state index in [9.17, 15) is 4.79 Å². The van der Waals surface area contributed by atoms with Gasteiger partial charge in [0.15, 0.2) is 0 Å². The predicted molar refractivity (Wildman–Crippen MR) is 90.8 cm³/mol. The molecule has 114 valence electrons. The third-order valence-corrected chi connectivity index (χ3v) is 5.04. The van der Waals surface area contributed by atoms with Crippen LogP contribution in [0.5, 0.6) is 0 Å². The minimum absolute atomic E-state index is 0.262. The number of aromatic nitrogens is 1. The summed E-state index contributed by atoms with van der Waals surface area (Å²) >= 11 is 1.68. The van der Waals surface area contributed by atoms with Crippen molar-refractivity contribution in [3.8, 4) is 0 Å². The molecule has 1 aromatic heterocycles. The van der Waals surface area contributed by atoms with Crippen molar-refractivity contribution in [3.05, 3.63) is 66.0 Å². The Balaban J connectivity index is 1.46. The smallest absolute Gasteiger partial charge is 0.232 e. The maximum atomic E-state index is 12.3. The van der Waals surface area contributed by atoms with E-state index in [-0.39, 0.29) is 5.91 Å². The second-order valence-corrected chi connectivity index (χ2v) is 6.57. The SMILES string of the molecule is O=C(CSCc1ccncc1)N1CCC(c2ccccc2)C1. The van der Waals surface area contributed by atoms with Gasteiger partial charge in [-0.2, -0.15) is 0 Å². The lowest BCUT2D eigenvalue weighted by atomic mass is 9.99. The number of nitrogens with zero attached hydrogens (tertiary/aromatic N) is 2. The molecule has 1 atom stereocenters. The summed E-state index contributed by atoms with van der Waals surface area (Å²) in [5.74, 6) is 2.18. The zero-order chi connectivity index (χ0) is 15.2. The summed E-state index contributed by atoms with van der Waals surface area (Å²) in [5, 5.41) is 0. The van der Waals surface area contributed by atoms with Gasteiger partial charge in [0.25, 0.3) is 0 Å². The van der Waals surface area contributed by atoms with Crippen molar-refractivity contribution >= 4 is 17.7 Å². The van der Waals surface area contributed by atoms with Gasteiger partial charge in [0, 0.05) is 37.2 Å². The Morgan fingerprint density at radius 2 is 1.95 bits per heavy atom. The molecule has 2 aromatic rings. The summed E-state index contributed by atoms with van der Waals surface area (Å²) < 4.78 is 0. The monoisotopic (exact) mass is 312 g/mol. The second kappa shape index (κ2) is 7.45. The van der Waals surface area contributed by atoms with E-state index in [0.717, 1.165) is 25.3 Å². The van der Waals surface area contributed by atoms with Crippen LogP contribution in [0.2, 0.25) is 0 Å². The molecule has 3 nitrogen and oxygen atoms in total. The summed E-state index contributed by atoms with van der Waals surface area (Å²) in [6, 6.07) is 14.5. The van der Waals surface area contributed by atoms with Gasteiger partial charge < -0.3 is 4.90 Å². The first-order chi connectivity index (χ1) is 10.8. The van der Waals surface area contributed by atoms with Gasteiger partial charge in [-0.25, -0.2) is 0 Å². The Labute approximate surface area is 135 Å². The first kappa shape index (κ1) is 15.1. The summed E-state index contributed by atoms with van der Waals surface area (Å²) in [6.07, 6.45) is 4.66. The van der Waals surface area contributed by atoms with Gasteiger partial charge in [0.2, 0.25) is 5.91 Å². The van der Waals surface area contributed by atoms with Crippen molar-refractivity contribution in [2.24, 2.45) is 0 Å². The molecule has 0 radical (unpaired) electrons. The topological polar surface area (TPSA) is 33.2 Å². The number of hydrogen-bond acceptors (Lipinski definition) is 3. The molecule has 3 rings (SSSR count). The van der Waals surface area contributed by atoms with Crippen LogP contribution in [0.4, 0.5) is 0 Å². The number of carbonyl (C=O) groups excluding carboxylic acids is 1. The molecule has 0 aliphatic carbocycles. The van der Waals surface area contributed by atoms with Crippen LogP contribution in [0.1, 0.15) is 23.5 Å². The third kappa shape index (κ3) is 3.89. The van der Waals surface area contributed by atoms with E-state index in [0.29, 0.717) is 11.7 Å². The van der Waals surface area contributed by atoms with Crippen LogP contribution in [-0.4, -0.2) is 34.6 Å². The van der Waals surface area contributed by atoms with E-state index < -0.39 is 0 Å². The van der Waals surface area contributed by atoms with Gasteiger partial charge in [-0.1, -0.05) is 30.3 Å². The number of likely N-dealkylation sites (tertiary alicyclic amines) is 1. The lowest BCUT2D eigenvalue weighted by Gasteiger charge is -2.16. The average molecular weight is 312 g/mol. The summed E-state index contributed by atoms with van der Waals surface area (Å²) in [6.45, 7) is 1.74. The highest BCUT2D eigenvalue weighted by molar-refractivity contribution is 7.99. The molecule has 1 aliphatic rings. The quantitative estimate of drug-likeness (QED) is 0.849. The van der Waals surface area contributed by atoms with Crippen molar-refractivity contribution in [1.82, 2.24) is 9.88 Å². The number of pyridine rings is 1. The molecule has 4 heteroatoms. The highest BCUT2D eigenvalue weighted by Gasteiger charge is 2.26. The number of rotatable bonds is 5. The van der Waals surface area contributed by atoms with Crippen LogP contribution in [-0.2, 0) is 10.5 Å². The summed E-state index contributed by atoms with van der Waals surface area (Å²) in [7, 11) is 0. The van der Waals surface area contributed by atoms with Crippen molar-refractivity contribution in [3.63, 3.8) is 0 Å². The van der Waals surface area contributed by atoms with E-state index >= 15 is 0 Å². The molecule has 1 unspecified atom stereocenters. The van der Waals surface area contributed by atoms with Crippen LogP contribution in [0, 0.1) is 0 Å². The fourth-order valence-corrected chi connectivity index (χ4v) is 3.70. The van der Waals surface area contributed by atoms with Crippen LogP contribution in [0.3, 0.4) is 0 Å². The predicted octanol–water partition coefficient (Wildman–Crippen LogP) is 3.33. The Morgan fingerprint density at radius 3 is 2.73 bits per heavy atom. The molecule has 2 heterocycles. The molecule has 0 bridgehead atoms. The fraction of sp³-hybridized carbons (Fsp3) is 0.333. The van der Waals surface area contributed by atoms with Crippen molar-refractivity contribution in [2.75, 3.05) is 18.8 Å². The molecular weight excluding hydrogens is 292 g/mol. The molecule has 1 aliphatic heterocycles. The van der Waals surface area contributed by atoms with Crippen LogP contribution in [0.25, 0.3) is 0 Å². The molecule has 1 aromatic carbocycles. The van der Waals surface area contributed by atoms with E-state index in [1.165, 1.54) is 11.1 Å². The third-order valence-electron chi connectivity index (χ3n) is 4.06. The molecule has 22 heavy (non-hydrogen) atoms. The van der Waals surface area contributed by atoms with Gasteiger partial charge in [-0.15, -0.1) is 11.8 Å². The van der Waals surface area contributed by atoms with E-state index in [4.69, 9.17) is 0 Å². The van der Waals surface area contributed by atoms with Crippen LogP contribution in [0.15, 0.2) is 54.9 Å². The average Bonchev–Trinajstić information content (AvgIpc) is 3.07. The summed E-state index contributed by atoms with van der Waals surface area (Å²) in [4.78, 5) is 18.3. The number of benzene rings is 1. The number of hydrogen-bond donors (Lipinski definition) is 0. The Bertz CT molecular complexity index is 603.